The van der Waals surface area contributed by atoms with Gasteiger partial charge in [-0.2, -0.15) is 0 Å². The maximum atomic E-state index is 12.0. The van der Waals surface area contributed by atoms with Gasteiger partial charge in [-0.15, -0.1) is 0 Å². The summed E-state index contributed by atoms with van der Waals surface area (Å²) in [5, 5.41) is 9.14. The molecule has 8 heteroatoms. The minimum absolute atomic E-state index is 0.0317. The number of nitrogens with one attached hydrogen (secondary N) is 4. The molecule has 0 spiro atoms. The second-order valence-corrected chi connectivity index (χ2v) is 6.85. The molecule has 140 valence electrons. The van der Waals surface area contributed by atoms with Gasteiger partial charge in [-0.05, 0) is 37.5 Å². The fraction of sp³-hybridized carbons (Fsp3) is 0.368. The van der Waals surface area contributed by atoms with Crippen LogP contribution in [0.5, 0.6) is 0 Å². The van der Waals surface area contributed by atoms with E-state index >= 15 is 0 Å². The summed E-state index contributed by atoms with van der Waals surface area (Å²) in [7, 11) is 0. The minimum atomic E-state index is -0.168. The Bertz CT molecular complexity index is 890. The van der Waals surface area contributed by atoms with Crippen LogP contribution in [0.15, 0.2) is 31.0 Å². The predicted molar refractivity (Wildman–Crippen MR) is 101 cm³/mol. The molecule has 1 fully saturated rings. The van der Waals surface area contributed by atoms with E-state index in [0.29, 0.717) is 18.1 Å². The molecule has 3 heterocycles. The highest BCUT2D eigenvalue weighted by Gasteiger charge is 2.28. The van der Waals surface area contributed by atoms with Crippen LogP contribution >= 0.6 is 0 Å². The molecule has 2 aliphatic rings. The van der Waals surface area contributed by atoms with Crippen molar-refractivity contribution in [1.29, 1.82) is 0 Å². The third kappa shape index (κ3) is 3.55. The largest absolute Gasteiger partial charge is 0.356 e. The Hall–Kier alpha value is -3.16. The van der Waals surface area contributed by atoms with Crippen molar-refractivity contribution in [3.05, 3.63) is 42.2 Å². The summed E-state index contributed by atoms with van der Waals surface area (Å²) >= 11 is 0. The molecule has 0 radical (unpaired) electrons. The lowest BCUT2D eigenvalue weighted by Gasteiger charge is -2.21. The number of fused-ring (bicyclic) bond motifs is 1. The molecule has 0 aromatic carbocycles. The minimum Gasteiger partial charge on any atom is -0.356 e. The Kier molecular flexibility index (Phi) is 4.62. The van der Waals surface area contributed by atoms with Crippen molar-refractivity contribution in [2.45, 2.75) is 37.8 Å². The van der Waals surface area contributed by atoms with Crippen molar-refractivity contribution in [2.24, 2.45) is 0 Å². The number of rotatable bonds is 5. The summed E-state index contributed by atoms with van der Waals surface area (Å²) in [6.45, 7) is 4.14. The van der Waals surface area contributed by atoms with Crippen LogP contribution in [0.3, 0.4) is 0 Å². The SMILES string of the molecule is C=CC(=O)N[C@@H]1CCC[C@@H]1Nc1nccc(-c2cc3c([nH]2)CCNC3=O)n1. The van der Waals surface area contributed by atoms with Crippen LogP contribution in [0.1, 0.15) is 35.3 Å². The number of anilines is 1. The molecule has 2 aromatic heterocycles. The third-order valence-corrected chi connectivity index (χ3v) is 5.08. The highest BCUT2D eigenvalue weighted by molar-refractivity contribution is 5.97. The van der Waals surface area contributed by atoms with E-state index in [9.17, 15) is 9.59 Å². The van der Waals surface area contributed by atoms with Crippen LogP contribution in [-0.2, 0) is 11.2 Å². The lowest BCUT2D eigenvalue weighted by atomic mass is 10.1. The zero-order valence-electron chi connectivity index (χ0n) is 14.9. The summed E-state index contributed by atoms with van der Waals surface area (Å²) in [5.41, 5.74) is 3.13. The normalized spacial score (nSPS) is 21.3. The second kappa shape index (κ2) is 7.22. The number of hydrogen-bond donors (Lipinski definition) is 4. The molecular weight excluding hydrogens is 344 g/mol. The van der Waals surface area contributed by atoms with Crippen molar-refractivity contribution in [3.63, 3.8) is 0 Å². The quantitative estimate of drug-likeness (QED) is 0.598. The van der Waals surface area contributed by atoms with E-state index in [1.54, 1.807) is 6.20 Å². The first-order chi connectivity index (χ1) is 13.1. The number of H-pyrrole nitrogens is 1. The first-order valence-corrected chi connectivity index (χ1v) is 9.17. The fourth-order valence-electron chi connectivity index (χ4n) is 3.72. The summed E-state index contributed by atoms with van der Waals surface area (Å²) in [6, 6.07) is 3.75. The average Bonchev–Trinajstić information content (AvgIpc) is 3.30. The lowest BCUT2D eigenvalue weighted by Crippen LogP contribution is -2.42. The van der Waals surface area contributed by atoms with Crippen LogP contribution in [0.4, 0.5) is 5.95 Å². The molecule has 0 unspecified atom stereocenters. The highest BCUT2D eigenvalue weighted by Crippen LogP contribution is 2.25. The van der Waals surface area contributed by atoms with E-state index in [1.807, 2.05) is 12.1 Å². The van der Waals surface area contributed by atoms with Crippen LogP contribution in [-0.4, -0.2) is 45.4 Å². The Morgan fingerprint density at radius 1 is 1.33 bits per heavy atom. The number of carbonyl (C=O) groups is 2. The van der Waals surface area contributed by atoms with Crippen molar-refractivity contribution in [3.8, 4) is 11.4 Å². The fourth-order valence-corrected chi connectivity index (χ4v) is 3.72. The van der Waals surface area contributed by atoms with Gasteiger partial charge in [0.25, 0.3) is 5.91 Å². The van der Waals surface area contributed by atoms with Gasteiger partial charge in [0, 0.05) is 36.9 Å². The third-order valence-electron chi connectivity index (χ3n) is 5.08. The summed E-state index contributed by atoms with van der Waals surface area (Å²) in [5.74, 6) is 0.283. The smallest absolute Gasteiger partial charge is 0.253 e. The van der Waals surface area contributed by atoms with E-state index in [0.717, 1.165) is 42.8 Å². The number of aromatic amines is 1. The maximum absolute atomic E-state index is 12.0. The second-order valence-electron chi connectivity index (χ2n) is 6.85. The van der Waals surface area contributed by atoms with Gasteiger partial charge in [-0.3, -0.25) is 9.59 Å². The van der Waals surface area contributed by atoms with Gasteiger partial charge in [0.15, 0.2) is 0 Å². The molecule has 1 aliphatic heterocycles. The van der Waals surface area contributed by atoms with Gasteiger partial charge in [0.1, 0.15) is 0 Å². The van der Waals surface area contributed by atoms with E-state index in [2.05, 4.69) is 37.5 Å². The number of hydrogen-bond acceptors (Lipinski definition) is 5. The lowest BCUT2D eigenvalue weighted by molar-refractivity contribution is -0.117. The molecule has 2 aromatic rings. The van der Waals surface area contributed by atoms with Gasteiger partial charge in [-0.1, -0.05) is 6.58 Å². The molecular formula is C19H22N6O2. The Balaban J connectivity index is 1.52. The molecule has 4 rings (SSSR count). The zero-order valence-corrected chi connectivity index (χ0v) is 14.9. The first-order valence-electron chi connectivity index (χ1n) is 9.17. The van der Waals surface area contributed by atoms with Crippen LogP contribution in [0, 0.1) is 0 Å². The Morgan fingerprint density at radius 2 is 2.19 bits per heavy atom. The number of nitrogens with zero attached hydrogens (tertiary/aromatic N) is 2. The molecule has 4 N–H and O–H groups in total. The summed E-state index contributed by atoms with van der Waals surface area (Å²) < 4.78 is 0. The standard InChI is InChI=1S/C19H22N6O2/c1-2-17(26)23-13-4-3-5-14(13)24-19-21-9-7-15(25-19)16-10-11-12(22-16)6-8-20-18(11)27/h2,7,9-10,13-14,22H,1,3-6,8H2,(H,20,27)(H,23,26)(H,21,24,25)/t13-,14+/m1/s1. The van der Waals surface area contributed by atoms with Crippen molar-refractivity contribution in [1.82, 2.24) is 25.6 Å². The van der Waals surface area contributed by atoms with Crippen molar-refractivity contribution >= 4 is 17.8 Å². The Labute approximate surface area is 156 Å². The van der Waals surface area contributed by atoms with E-state index < -0.39 is 0 Å². The molecule has 27 heavy (non-hydrogen) atoms. The number of amides is 2. The van der Waals surface area contributed by atoms with Gasteiger partial charge < -0.3 is 20.9 Å². The van der Waals surface area contributed by atoms with E-state index in [4.69, 9.17) is 0 Å². The summed E-state index contributed by atoms with van der Waals surface area (Å²) in [4.78, 5) is 35.8. The van der Waals surface area contributed by atoms with Crippen LogP contribution in [0.2, 0.25) is 0 Å². The predicted octanol–water partition coefficient (Wildman–Crippen LogP) is 1.39. The van der Waals surface area contributed by atoms with Crippen LogP contribution in [0.25, 0.3) is 11.4 Å². The molecule has 8 nitrogen and oxygen atoms in total. The Morgan fingerprint density at radius 3 is 3.00 bits per heavy atom. The molecule has 0 bridgehead atoms. The number of aromatic nitrogens is 3. The average molecular weight is 366 g/mol. The van der Waals surface area contributed by atoms with Gasteiger partial charge in [0.2, 0.25) is 11.9 Å². The topological polar surface area (TPSA) is 112 Å². The zero-order chi connectivity index (χ0) is 18.8. The monoisotopic (exact) mass is 366 g/mol. The molecule has 2 atom stereocenters. The van der Waals surface area contributed by atoms with E-state index in [-0.39, 0.29) is 23.9 Å². The van der Waals surface area contributed by atoms with Crippen molar-refractivity contribution < 1.29 is 9.59 Å². The highest BCUT2D eigenvalue weighted by atomic mass is 16.2. The van der Waals surface area contributed by atoms with Crippen LogP contribution < -0.4 is 16.0 Å². The molecule has 1 saturated carbocycles. The van der Waals surface area contributed by atoms with E-state index in [1.165, 1.54) is 6.08 Å². The molecule has 2 amide bonds. The maximum Gasteiger partial charge on any atom is 0.253 e. The number of carbonyl (C=O) groups excluding carboxylic acids is 2. The first kappa shape index (κ1) is 17.3. The molecule has 1 aliphatic carbocycles. The van der Waals surface area contributed by atoms with Gasteiger partial charge in [0.05, 0.1) is 17.0 Å². The van der Waals surface area contributed by atoms with Crippen molar-refractivity contribution in [2.75, 3.05) is 11.9 Å². The van der Waals surface area contributed by atoms with Gasteiger partial charge >= 0.3 is 0 Å². The van der Waals surface area contributed by atoms with Gasteiger partial charge in [-0.25, -0.2) is 9.97 Å². The summed E-state index contributed by atoms with van der Waals surface area (Å²) in [6.07, 6.45) is 6.64. The molecule has 0 saturated heterocycles.